The second kappa shape index (κ2) is 10.1. The maximum Gasteiger partial charge on any atom is 0.161 e. The van der Waals surface area contributed by atoms with Crippen LogP contribution in [0.3, 0.4) is 0 Å². The highest BCUT2D eigenvalue weighted by Gasteiger charge is 2.26. The number of aliphatic hydroxyl groups is 1. The van der Waals surface area contributed by atoms with Crippen molar-refractivity contribution in [3.8, 4) is 28.7 Å². The first-order chi connectivity index (χ1) is 16.2. The summed E-state index contributed by atoms with van der Waals surface area (Å²) in [5.74, 6) is 2.74. The first kappa shape index (κ1) is 22.1. The van der Waals surface area contributed by atoms with Gasteiger partial charge in [0.15, 0.2) is 11.5 Å². The summed E-state index contributed by atoms with van der Waals surface area (Å²) in [5.41, 5.74) is 3.70. The van der Waals surface area contributed by atoms with Gasteiger partial charge < -0.3 is 19.5 Å². The molecule has 3 aliphatic rings. The number of aliphatic hydroxyl groups excluding tert-OH is 1. The molecule has 2 atom stereocenters. The smallest absolute Gasteiger partial charge is 0.161 e. The standard InChI is InChI=1S/C28H34N2O3/c29-19-24-23(22-10-11-27-28(18-22)33-17-16-32-27)5-3-6-25(24)30-14-12-20(13-15-30)8-9-21-4-1-2-7-26(21)31/h3,5-6,10-11,18,20-21,26,31H,1-2,4,7-9,12-17H2. The van der Waals surface area contributed by atoms with Gasteiger partial charge in [0.1, 0.15) is 19.3 Å². The number of anilines is 1. The molecule has 33 heavy (non-hydrogen) atoms. The van der Waals surface area contributed by atoms with Crippen LogP contribution in [0, 0.1) is 23.2 Å². The summed E-state index contributed by atoms with van der Waals surface area (Å²) < 4.78 is 11.4. The van der Waals surface area contributed by atoms with Crippen molar-refractivity contribution in [2.75, 3.05) is 31.2 Å². The third-order valence-corrected chi connectivity index (χ3v) is 7.78. The van der Waals surface area contributed by atoms with E-state index in [1.165, 1.54) is 25.7 Å². The predicted octanol–water partition coefficient (Wildman–Crippen LogP) is 5.54. The van der Waals surface area contributed by atoms with E-state index in [0.717, 1.165) is 78.6 Å². The highest BCUT2D eigenvalue weighted by Crippen LogP contribution is 2.39. The Morgan fingerprint density at radius 1 is 0.939 bits per heavy atom. The highest BCUT2D eigenvalue weighted by atomic mass is 16.6. The third-order valence-electron chi connectivity index (χ3n) is 7.78. The van der Waals surface area contributed by atoms with E-state index in [2.05, 4.69) is 23.1 Å². The van der Waals surface area contributed by atoms with Gasteiger partial charge in [-0.1, -0.05) is 31.0 Å². The summed E-state index contributed by atoms with van der Waals surface area (Å²) in [7, 11) is 0. The number of ether oxygens (including phenoxy) is 2. The Balaban J connectivity index is 1.26. The Bertz CT molecular complexity index is 1010. The number of rotatable bonds is 5. The number of fused-ring (bicyclic) bond motifs is 1. The van der Waals surface area contributed by atoms with Gasteiger partial charge in [-0.3, -0.25) is 0 Å². The van der Waals surface area contributed by atoms with E-state index in [9.17, 15) is 10.4 Å². The van der Waals surface area contributed by atoms with Gasteiger partial charge in [-0.2, -0.15) is 5.26 Å². The molecule has 174 valence electrons. The fourth-order valence-corrected chi connectivity index (χ4v) is 5.81. The number of hydrogen-bond acceptors (Lipinski definition) is 5. The minimum atomic E-state index is -0.0830. The van der Waals surface area contributed by atoms with Crippen LogP contribution < -0.4 is 14.4 Å². The van der Waals surface area contributed by atoms with Gasteiger partial charge in [0.05, 0.1) is 17.4 Å². The Morgan fingerprint density at radius 3 is 2.52 bits per heavy atom. The Kier molecular flexibility index (Phi) is 6.73. The molecule has 2 heterocycles. The predicted molar refractivity (Wildman–Crippen MR) is 130 cm³/mol. The topological polar surface area (TPSA) is 65.7 Å². The average Bonchev–Trinajstić information content (AvgIpc) is 2.88. The van der Waals surface area contributed by atoms with E-state index in [1.54, 1.807) is 0 Å². The van der Waals surface area contributed by atoms with Gasteiger partial charge in [-0.05, 0) is 74.1 Å². The summed E-state index contributed by atoms with van der Waals surface area (Å²) in [6, 6.07) is 14.6. The van der Waals surface area contributed by atoms with Gasteiger partial charge in [0.25, 0.3) is 0 Å². The second-order valence-corrected chi connectivity index (χ2v) is 9.79. The van der Waals surface area contributed by atoms with Crippen LogP contribution >= 0.6 is 0 Å². The number of nitriles is 1. The fourth-order valence-electron chi connectivity index (χ4n) is 5.81. The zero-order chi connectivity index (χ0) is 22.6. The molecule has 1 N–H and O–H groups in total. The van der Waals surface area contributed by atoms with E-state index in [-0.39, 0.29) is 6.10 Å². The van der Waals surface area contributed by atoms with Crippen molar-refractivity contribution in [1.82, 2.24) is 0 Å². The normalized spacial score (nSPS) is 23.2. The van der Waals surface area contributed by atoms with Crippen molar-refractivity contribution in [3.05, 3.63) is 42.0 Å². The maximum absolute atomic E-state index is 10.3. The molecule has 0 spiro atoms. The molecule has 5 nitrogen and oxygen atoms in total. The molecule has 1 aliphatic carbocycles. The SMILES string of the molecule is N#Cc1c(-c2ccc3c(c2)OCCO3)cccc1N1CCC(CCC2CCCCC2O)CC1. The minimum absolute atomic E-state index is 0.0830. The average molecular weight is 447 g/mol. The second-order valence-electron chi connectivity index (χ2n) is 9.79. The molecule has 1 saturated heterocycles. The van der Waals surface area contributed by atoms with Crippen LogP contribution in [0.2, 0.25) is 0 Å². The van der Waals surface area contributed by atoms with Crippen LogP contribution in [0.25, 0.3) is 11.1 Å². The number of nitrogens with zero attached hydrogens (tertiary/aromatic N) is 2. The van der Waals surface area contributed by atoms with E-state index in [1.807, 2.05) is 24.3 Å². The van der Waals surface area contributed by atoms with E-state index in [4.69, 9.17) is 9.47 Å². The molecule has 1 saturated carbocycles. The van der Waals surface area contributed by atoms with Crippen molar-refractivity contribution in [2.45, 2.75) is 57.5 Å². The summed E-state index contributed by atoms with van der Waals surface area (Å²) in [4.78, 5) is 2.38. The van der Waals surface area contributed by atoms with Gasteiger partial charge in [0.2, 0.25) is 0 Å². The van der Waals surface area contributed by atoms with Crippen molar-refractivity contribution in [3.63, 3.8) is 0 Å². The molecule has 0 aromatic heterocycles. The summed E-state index contributed by atoms with van der Waals surface area (Å²) >= 11 is 0. The highest BCUT2D eigenvalue weighted by molar-refractivity contribution is 5.79. The van der Waals surface area contributed by atoms with Crippen molar-refractivity contribution in [2.24, 2.45) is 11.8 Å². The largest absolute Gasteiger partial charge is 0.486 e. The van der Waals surface area contributed by atoms with E-state index in [0.29, 0.717) is 19.1 Å². The molecule has 0 amide bonds. The molecule has 2 fully saturated rings. The van der Waals surface area contributed by atoms with Crippen LogP contribution in [-0.4, -0.2) is 37.5 Å². The van der Waals surface area contributed by atoms with Crippen LogP contribution in [0.5, 0.6) is 11.5 Å². The zero-order valence-corrected chi connectivity index (χ0v) is 19.3. The molecule has 5 heteroatoms. The van der Waals surface area contributed by atoms with Crippen LogP contribution in [0.4, 0.5) is 5.69 Å². The lowest BCUT2D eigenvalue weighted by molar-refractivity contribution is 0.0610. The van der Waals surface area contributed by atoms with Gasteiger partial charge in [0, 0.05) is 18.7 Å². The van der Waals surface area contributed by atoms with Gasteiger partial charge >= 0.3 is 0 Å². The molecular formula is C28H34N2O3. The van der Waals surface area contributed by atoms with Gasteiger partial charge in [-0.25, -0.2) is 0 Å². The summed E-state index contributed by atoms with van der Waals surface area (Å²) in [5, 5.41) is 20.4. The first-order valence-electron chi connectivity index (χ1n) is 12.6. The summed E-state index contributed by atoms with van der Waals surface area (Å²) in [6.07, 6.45) is 9.24. The lowest BCUT2D eigenvalue weighted by Gasteiger charge is -2.35. The fraction of sp³-hybridized carbons (Fsp3) is 0.536. The van der Waals surface area contributed by atoms with Crippen LogP contribution in [-0.2, 0) is 0 Å². The number of benzene rings is 2. The molecule has 0 bridgehead atoms. The quantitative estimate of drug-likeness (QED) is 0.653. The van der Waals surface area contributed by atoms with Crippen LogP contribution in [0.15, 0.2) is 36.4 Å². The third kappa shape index (κ3) is 4.82. The molecule has 0 radical (unpaired) electrons. The van der Waals surface area contributed by atoms with Gasteiger partial charge in [-0.15, -0.1) is 0 Å². The minimum Gasteiger partial charge on any atom is -0.486 e. The van der Waals surface area contributed by atoms with E-state index < -0.39 is 0 Å². The number of piperidine rings is 1. The van der Waals surface area contributed by atoms with Crippen molar-refractivity contribution >= 4 is 5.69 Å². The molecular weight excluding hydrogens is 412 g/mol. The van der Waals surface area contributed by atoms with E-state index >= 15 is 0 Å². The van der Waals surface area contributed by atoms with Crippen molar-refractivity contribution in [1.29, 1.82) is 5.26 Å². The first-order valence-corrected chi connectivity index (χ1v) is 12.6. The lowest BCUT2D eigenvalue weighted by Crippen LogP contribution is -2.34. The zero-order valence-electron chi connectivity index (χ0n) is 19.3. The molecule has 2 aromatic carbocycles. The lowest BCUT2D eigenvalue weighted by atomic mass is 9.80. The number of hydrogen-bond donors (Lipinski definition) is 1. The molecule has 2 aliphatic heterocycles. The molecule has 5 rings (SSSR count). The Labute approximate surface area is 196 Å². The Morgan fingerprint density at radius 2 is 1.73 bits per heavy atom. The van der Waals surface area contributed by atoms with Crippen molar-refractivity contribution < 1.29 is 14.6 Å². The molecule has 2 aromatic rings. The maximum atomic E-state index is 10.3. The Hall–Kier alpha value is -2.71. The van der Waals surface area contributed by atoms with Crippen LogP contribution in [0.1, 0.15) is 56.9 Å². The monoisotopic (exact) mass is 446 g/mol. The molecule has 2 unspecified atom stereocenters. The summed E-state index contributed by atoms with van der Waals surface area (Å²) in [6.45, 7) is 3.09.